The second-order valence-corrected chi connectivity index (χ2v) is 2.34. The van der Waals surface area contributed by atoms with Crippen LogP contribution in [-0.2, 0) is 18.4 Å². The minimum Gasteiger partial charge on any atom is -0.374 e. The van der Waals surface area contributed by atoms with E-state index in [0.29, 0.717) is 19.8 Å². The molecule has 1 heterocycles. The fraction of sp³-hybridized carbons (Fsp3) is 0.571. The largest absolute Gasteiger partial charge is 0.374 e. The standard InChI is InChI=1S/C7H13N3O/c1-10-6-9-4-7(10)5-11-3-2-8/h4,6H,2-3,5,8H2,1H3. The predicted octanol–water partition coefficient (Wildman–Crippen LogP) is -0.105. The number of aromatic nitrogens is 2. The number of rotatable bonds is 4. The average Bonchev–Trinajstić information content (AvgIpc) is 2.37. The lowest BCUT2D eigenvalue weighted by Crippen LogP contribution is -2.09. The number of hydrogen-bond acceptors (Lipinski definition) is 3. The molecule has 1 aromatic heterocycles. The SMILES string of the molecule is Cn1cncc1COCCN. The summed E-state index contributed by atoms with van der Waals surface area (Å²) in [6.45, 7) is 1.76. The van der Waals surface area contributed by atoms with E-state index in [2.05, 4.69) is 4.98 Å². The molecule has 0 bridgehead atoms. The van der Waals surface area contributed by atoms with Crippen LogP contribution in [0.1, 0.15) is 5.69 Å². The fourth-order valence-corrected chi connectivity index (χ4v) is 0.784. The second kappa shape index (κ2) is 4.10. The maximum Gasteiger partial charge on any atom is 0.0946 e. The monoisotopic (exact) mass is 155 g/mol. The summed E-state index contributed by atoms with van der Waals surface area (Å²) in [6, 6.07) is 0. The first-order valence-corrected chi connectivity index (χ1v) is 3.57. The van der Waals surface area contributed by atoms with Crippen LogP contribution < -0.4 is 5.73 Å². The van der Waals surface area contributed by atoms with Crippen molar-refractivity contribution in [1.29, 1.82) is 0 Å². The van der Waals surface area contributed by atoms with Crippen LogP contribution in [0.25, 0.3) is 0 Å². The summed E-state index contributed by atoms with van der Waals surface area (Å²) in [6.07, 6.45) is 3.54. The number of ether oxygens (including phenoxy) is 1. The van der Waals surface area contributed by atoms with Crippen LogP contribution in [0, 0.1) is 0 Å². The van der Waals surface area contributed by atoms with Gasteiger partial charge in [0.15, 0.2) is 0 Å². The van der Waals surface area contributed by atoms with Gasteiger partial charge >= 0.3 is 0 Å². The van der Waals surface area contributed by atoms with Gasteiger partial charge in [-0.2, -0.15) is 0 Å². The molecule has 0 saturated heterocycles. The molecular formula is C7H13N3O. The highest BCUT2D eigenvalue weighted by Crippen LogP contribution is 1.97. The predicted molar refractivity (Wildman–Crippen MR) is 41.9 cm³/mol. The topological polar surface area (TPSA) is 53.1 Å². The third-order valence-corrected chi connectivity index (χ3v) is 1.43. The molecule has 0 spiro atoms. The van der Waals surface area contributed by atoms with Crippen molar-refractivity contribution in [3.05, 3.63) is 18.2 Å². The molecule has 62 valence electrons. The minimum atomic E-state index is 0.567. The van der Waals surface area contributed by atoms with Crippen LogP contribution in [0.4, 0.5) is 0 Å². The molecule has 0 amide bonds. The van der Waals surface area contributed by atoms with Crippen LogP contribution in [0.5, 0.6) is 0 Å². The molecule has 1 rings (SSSR count). The molecule has 0 aliphatic heterocycles. The zero-order valence-corrected chi connectivity index (χ0v) is 6.66. The first-order chi connectivity index (χ1) is 5.34. The van der Waals surface area contributed by atoms with Crippen LogP contribution in [0.3, 0.4) is 0 Å². The van der Waals surface area contributed by atoms with E-state index in [9.17, 15) is 0 Å². The molecule has 0 saturated carbocycles. The maximum absolute atomic E-state index is 5.26. The molecule has 4 nitrogen and oxygen atoms in total. The maximum atomic E-state index is 5.26. The Morgan fingerprint density at radius 3 is 3.09 bits per heavy atom. The quantitative estimate of drug-likeness (QED) is 0.617. The van der Waals surface area contributed by atoms with Gasteiger partial charge < -0.3 is 15.0 Å². The lowest BCUT2D eigenvalue weighted by Gasteiger charge is -2.01. The molecule has 0 unspecified atom stereocenters. The molecule has 11 heavy (non-hydrogen) atoms. The van der Waals surface area contributed by atoms with Crippen LogP contribution in [0.2, 0.25) is 0 Å². The number of imidazole rings is 1. The third kappa shape index (κ3) is 2.32. The summed E-state index contributed by atoms with van der Waals surface area (Å²) in [5, 5.41) is 0. The first-order valence-electron chi connectivity index (χ1n) is 3.57. The van der Waals surface area contributed by atoms with Crippen molar-refractivity contribution < 1.29 is 4.74 Å². The highest BCUT2D eigenvalue weighted by molar-refractivity contribution is 4.94. The van der Waals surface area contributed by atoms with Crippen LogP contribution >= 0.6 is 0 Å². The Hall–Kier alpha value is -0.870. The van der Waals surface area contributed by atoms with E-state index >= 15 is 0 Å². The van der Waals surface area contributed by atoms with E-state index in [1.54, 1.807) is 12.5 Å². The van der Waals surface area contributed by atoms with Gasteiger partial charge in [-0.25, -0.2) is 4.98 Å². The Labute approximate surface area is 66.0 Å². The summed E-state index contributed by atoms with van der Waals surface area (Å²) in [5.41, 5.74) is 6.33. The van der Waals surface area contributed by atoms with Crippen molar-refractivity contribution in [1.82, 2.24) is 9.55 Å². The lowest BCUT2D eigenvalue weighted by molar-refractivity contribution is 0.123. The Kier molecular flexibility index (Phi) is 3.07. The summed E-state index contributed by atoms with van der Waals surface area (Å²) >= 11 is 0. The van der Waals surface area contributed by atoms with Crippen molar-refractivity contribution in [2.75, 3.05) is 13.2 Å². The lowest BCUT2D eigenvalue weighted by atomic mass is 10.5. The number of nitrogens with two attached hydrogens (primary N) is 1. The fourth-order valence-electron chi connectivity index (χ4n) is 0.784. The Morgan fingerprint density at radius 2 is 2.55 bits per heavy atom. The summed E-state index contributed by atoms with van der Waals surface area (Å²) in [7, 11) is 1.94. The van der Waals surface area contributed by atoms with E-state index in [1.807, 2.05) is 11.6 Å². The minimum absolute atomic E-state index is 0.567. The van der Waals surface area contributed by atoms with Gasteiger partial charge in [-0.1, -0.05) is 0 Å². The van der Waals surface area contributed by atoms with Crippen molar-refractivity contribution in [2.45, 2.75) is 6.61 Å². The van der Waals surface area contributed by atoms with Crippen molar-refractivity contribution in [3.8, 4) is 0 Å². The van der Waals surface area contributed by atoms with Gasteiger partial charge in [0, 0.05) is 13.6 Å². The van der Waals surface area contributed by atoms with Crippen molar-refractivity contribution >= 4 is 0 Å². The number of nitrogens with zero attached hydrogens (tertiary/aromatic N) is 2. The van der Waals surface area contributed by atoms with Crippen molar-refractivity contribution in [2.24, 2.45) is 12.8 Å². The Balaban J connectivity index is 2.32. The molecule has 0 aliphatic carbocycles. The highest BCUT2D eigenvalue weighted by atomic mass is 16.5. The molecule has 2 N–H and O–H groups in total. The van der Waals surface area contributed by atoms with Gasteiger partial charge in [-0.05, 0) is 0 Å². The van der Waals surface area contributed by atoms with E-state index in [1.165, 1.54) is 0 Å². The number of aryl methyl sites for hydroxylation is 1. The second-order valence-electron chi connectivity index (χ2n) is 2.34. The molecule has 0 aliphatic rings. The highest BCUT2D eigenvalue weighted by Gasteiger charge is 1.95. The Morgan fingerprint density at radius 1 is 1.73 bits per heavy atom. The van der Waals surface area contributed by atoms with Crippen molar-refractivity contribution in [3.63, 3.8) is 0 Å². The van der Waals surface area contributed by atoms with Gasteiger partial charge in [-0.15, -0.1) is 0 Å². The van der Waals surface area contributed by atoms with Crippen LogP contribution in [-0.4, -0.2) is 22.7 Å². The third-order valence-electron chi connectivity index (χ3n) is 1.43. The molecule has 0 atom stereocenters. The van der Waals surface area contributed by atoms with Gasteiger partial charge in [0.05, 0.1) is 31.4 Å². The molecule has 0 fully saturated rings. The number of hydrogen-bond donors (Lipinski definition) is 1. The Bertz CT molecular complexity index is 209. The normalized spacial score (nSPS) is 10.4. The van der Waals surface area contributed by atoms with E-state index in [-0.39, 0.29) is 0 Å². The molecule has 4 heteroatoms. The van der Waals surface area contributed by atoms with E-state index in [4.69, 9.17) is 10.5 Å². The van der Waals surface area contributed by atoms with Crippen LogP contribution in [0.15, 0.2) is 12.5 Å². The zero-order chi connectivity index (χ0) is 8.10. The van der Waals surface area contributed by atoms with Gasteiger partial charge in [0.2, 0.25) is 0 Å². The summed E-state index contributed by atoms with van der Waals surface area (Å²) in [4.78, 5) is 3.95. The molecule has 0 aromatic carbocycles. The zero-order valence-electron chi connectivity index (χ0n) is 6.66. The average molecular weight is 155 g/mol. The van der Waals surface area contributed by atoms with Gasteiger partial charge in [0.25, 0.3) is 0 Å². The van der Waals surface area contributed by atoms with E-state index < -0.39 is 0 Å². The molecule has 1 aromatic rings. The first kappa shape index (κ1) is 8.23. The smallest absolute Gasteiger partial charge is 0.0946 e. The van der Waals surface area contributed by atoms with E-state index in [0.717, 1.165) is 5.69 Å². The van der Waals surface area contributed by atoms with Gasteiger partial charge in [0.1, 0.15) is 0 Å². The summed E-state index contributed by atoms with van der Waals surface area (Å²) < 4.78 is 7.15. The van der Waals surface area contributed by atoms with Gasteiger partial charge in [-0.3, -0.25) is 0 Å². The summed E-state index contributed by atoms with van der Waals surface area (Å²) in [5.74, 6) is 0. The molecular weight excluding hydrogens is 142 g/mol. The molecule has 0 radical (unpaired) electrons.